The molecule has 19 heavy (non-hydrogen) atoms. The Balaban J connectivity index is 2.36. The van der Waals surface area contributed by atoms with Crippen molar-refractivity contribution in [2.24, 2.45) is 0 Å². The largest absolute Gasteiger partial charge is 0.477 e. The standard InChI is InChI=1S/C11H7N3O4S/c15-11(16)8-5-10(13-6-9(8)14(17)18)19-7-1-3-12-4-2-7/h1-6H,(H,15,16). The first-order valence-corrected chi connectivity index (χ1v) is 5.85. The third kappa shape index (κ3) is 3.05. The number of rotatable bonds is 4. The van der Waals surface area contributed by atoms with Gasteiger partial charge in [0, 0.05) is 17.3 Å². The molecule has 0 spiro atoms. The maximum atomic E-state index is 11.0. The van der Waals surface area contributed by atoms with Gasteiger partial charge >= 0.3 is 11.7 Å². The highest BCUT2D eigenvalue weighted by atomic mass is 32.2. The summed E-state index contributed by atoms with van der Waals surface area (Å²) >= 11 is 1.20. The zero-order chi connectivity index (χ0) is 13.8. The lowest BCUT2D eigenvalue weighted by molar-refractivity contribution is -0.385. The minimum Gasteiger partial charge on any atom is -0.477 e. The Morgan fingerprint density at radius 1 is 1.37 bits per heavy atom. The molecule has 0 aliphatic rings. The Morgan fingerprint density at radius 2 is 2.05 bits per heavy atom. The minimum absolute atomic E-state index is 0.370. The van der Waals surface area contributed by atoms with Crippen molar-refractivity contribution in [3.8, 4) is 0 Å². The fourth-order valence-electron chi connectivity index (χ4n) is 1.33. The quantitative estimate of drug-likeness (QED) is 0.674. The Hall–Kier alpha value is -2.48. The van der Waals surface area contributed by atoms with Crippen molar-refractivity contribution in [3.63, 3.8) is 0 Å². The summed E-state index contributed by atoms with van der Waals surface area (Å²) in [6, 6.07) is 4.65. The van der Waals surface area contributed by atoms with Crippen molar-refractivity contribution >= 4 is 23.4 Å². The fourth-order valence-corrected chi connectivity index (χ4v) is 2.11. The molecule has 96 valence electrons. The maximum absolute atomic E-state index is 11.0. The Bertz CT molecular complexity index is 633. The number of pyridine rings is 2. The van der Waals surface area contributed by atoms with Gasteiger partial charge in [-0.25, -0.2) is 9.78 Å². The van der Waals surface area contributed by atoms with E-state index in [1.54, 1.807) is 24.5 Å². The average molecular weight is 277 g/mol. The van der Waals surface area contributed by atoms with Crippen LogP contribution in [0, 0.1) is 10.1 Å². The molecule has 0 aliphatic carbocycles. The lowest BCUT2D eigenvalue weighted by Gasteiger charge is -2.02. The molecule has 7 nitrogen and oxygen atoms in total. The zero-order valence-electron chi connectivity index (χ0n) is 9.39. The molecular weight excluding hydrogens is 270 g/mol. The van der Waals surface area contributed by atoms with Gasteiger partial charge in [0.25, 0.3) is 0 Å². The van der Waals surface area contributed by atoms with E-state index >= 15 is 0 Å². The van der Waals surface area contributed by atoms with Crippen molar-refractivity contribution < 1.29 is 14.8 Å². The van der Waals surface area contributed by atoms with Crippen molar-refractivity contribution in [2.75, 3.05) is 0 Å². The van der Waals surface area contributed by atoms with Gasteiger partial charge in [0.2, 0.25) is 0 Å². The Kier molecular flexibility index (Phi) is 3.71. The maximum Gasteiger partial charge on any atom is 0.342 e. The zero-order valence-corrected chi connectivity index (χ0v) is 10.2. The third-order valence-corrected chi connectivity index (χ3v) is 3.10. The molecule has 0 aromatic carbocycles. The number of carboxylic acid groups (broad SMARTS) is 1. The summed E-state index contributed by atoms with van der Waals surface area (Å²) in [6.07, 6.45) is 4.13. The molecular formula is C11H7N3O4S. The first-order chi connectivity index (χ1) is 9.08. The second-order valence-corrected chi connectivity index (χ2v) is 4.48. The topological polar surface area (TPSA) is 106 Å². The normalized spacial score (nSPS) is 10.1. The Labute approximate surface area is 111 Å². The molecule has 0 amide bonds. The summed E-state index contributed by atoms with van der Waals surface area (Å²) in [5.41, 5.74) is -0.900. The van der Waals surface area contributed by atoms with Crippen molar-refractivity contribution in [1.82, 2.24) is 9.97 Å². The summed E-state index contributed by atoms with van der Waals surface area (Å²) in [4.78, 5) is 29.4. The summed E-state index contributed by atoms with van der Waals surface area (Å²) in [7, 11) is 0. The lowest BCUT2D eigenvalue weighted by atomic mass is 10.2. The molecule has 2 aromatic rings. The molecule has 0 saturated carbocycles. The molecule has 0 unspecified atom stereocenters. The molecule has 0 saturated heterocycles. The first-order valence-electron chi connectivity index (χ1n) is 5.03. The highest BCUT2D eigenvalue weighted by molar-refractivity contribution is 7.99. The van der Waals surface area contributed by atoms with E-state index in [2.05, 4.69) is 9.97 Å². The number of nitro groups is 1. The fraction of sp³-hybridized carbons (Fsp3) is 0. The van der Waals surface area contributed by atoms with E-state index in [9.17, 15) is 14.9 Å². The van der Waals surface area contributed by atoms with Crippen LogP contribution in [0.15, 0.2) is 46.7 Å². The van der Waals surface area contributed by atoms with Crippen LogP contribution >= 0.6 is 11.8 Å². The average Bonchev–Trinajstić information content (AvgIpc) is 2.39. The van der Waals surface area contributed by atoms with Gasteiger partial charge in [-0.2, -0.15) is 0 Å². The highest BCUT2D eigenvalue weighted by Gasteiger charge is 2.21. The second-order valence-electron chi connectivity index (χ2n) is 3.39. The second kappa shape index (κ2) is 5.44. The predicted molar refractivity (Wildman–Crippen MR) is 66.2 cm³/mol. The van der Waals surface area contributed by atoms with Crippen molar-refractivity contribution in [1.29, 1.82) is 0 Å². The van der Waals surface area contributed by atoms with Gasteiger partial charge in [0.15, 0.2) is 0 Å². The van der Waals surface area contributed by atoms with Crippen LogP contribution < -0.4 is 0 Å². The summed E-state index contributed by atoms with van der Waals surface area (Å²) in [5.74, 6) is -1.36. The first kappa shape index (κ1) is 13.0. The summed E-state index contributed by atoms with van der Waals surface area (Å²) < 4.78 is 0. The van der Waals surface area contributed by atoms with Crippen LogP contribution in [0.5, 0.6) is 0 Å². The number of hydrogen-bond donors (Lipinski definition) is 1. The van der Waals surface area contributed by atoms with Gasteiger partial charge in [0.05, 0.1) is 4.92 Å². The van der Waals surface area contributed by atoms with E-state index < -0.39 is 16.6 Å². The molecule has 0 radical (unpaired) electrons. The summed E-state index contributed by atoms with van der Waals surface area (Å²) in [5, 5.41) is 20.0. The smallest absolute Gasteiger partial charge is 0.342 e. The van der Waals surface area contributed by atoms with E-state index in [-0.39, 0.29) is 5.56 Å². The van der Waals surface area contributed by atoms with Crippen molar-refractivity contribution in [2.45, 2.75) is 9.92 Å². The van der Waals surface area contributed by atoms with E-state index in [4.69, 9.17) is 5.11 Å². The van der Waals surface area contributed by atoms with Crippen molar-refractivity contribution in [3.05, 3.63) is 52.5 Å². The number of carbonyl (C=O) groups is 1. The molecule has 2 heterocycles. The van der Waals surface area contributed by atoms with E-state index in [0.29, 0.717) is 5.03 Å². The van der Waals surface area contributed by atoms with Crippen LogP contribution in [0.25, 0.3) is 0 Å². The van der Waals surface area contributed by atoms with E-state index in [1.807, 2.05) is 0 Å². The van der Waals surface area contributed by atoms with Gasteiger partial charge in [-0.1, -0.05) is 11.8 Å². The van der Waals surface area contributed by atoms with Gasteiger partial charge in [0.1, 0.15) is 16.8 Å². The number of hydrogen-bond acceptors (Lipinski definition) is 6. The number of nitrogens with zero attached hydrogens (tertiary/aromatic N) is 3. The lowest BCUT2D eigenvalue weighted by Crippen LogP contribution is -2.03. The number of carboxylic acids is 1. The molecule has 0 aliphatic heterocycles. The van der Waals surface area contributed by atoms with E-state index in [1.165, 1.54) is 17.8 Å². The van der Waals surface area contributed by atoms with Crippen LogP contribution in [-0.4, -0.2) is 26.0 Å². The molecule has 0 bridgehead atoms. The monoisotopic (exact) mass is 277 g/mol. The minimum atomic E-state index is -1.36. The Morgan fingerprint density at radius 3 is 2.63 bits per heavy atom. The molecule has 0 fully saturated rings. The number of aromatic carboxylic acids is 1. The van der Waals surface area contributed by atoms with E-state index in [0.717, 1.165) is 11.1 Å². The predicted octanol–water partition coefficient (Wildman–Crippen LogP) is 2.23. The van der Waals surface area contributed by atoms with Crippen LogP contribution in [0.2, 0.25) is 0 Å². The van der Waals surface area contributed by atoms with Crippen LogP contribution in [0.3, 0.4) is 0 Å². The third-order valence-electron chi connectivity index (χ3n) is 2.16. The van der Waals surface area contributed by atoms with Gasteiger partial charge in [-0.05, 0) is 18.2 Å². The molecule has 2 rings (SSSR count). The van der Waals surface area contributed by atoms with Gasteiger partial charge in [-0.15, -0.1) is 0 Å². The highest BCUT2D eigenvalue weighted by Crippen LogP contribution is 2.28. The summed E-state index contributed by atoms with van der Waals surface area (Å²) in [6.45, 7) is 0. The SMILES string of the molecule is O=C(O)c1cc(Sc2ccncc2)ncc1[N+](=O)[O-]. The molecule has 8 heteroatoms. The van der Waals surface area contributed by atoms with Gasteiger partial charge < -0.3 is 5.11 Å². The van der Waals surface area contributed by atoms with Crippen LogP contribution in [0.4, 0.5) is 5.69 Å². The van der Waals surface area contributed by atoms with Gasteiger partial charge in [-0.3, -0.25) is 15.1 Å². The van der Waals surface area contributed by atoms with Crippen LogP contribution in [0.1, 0.15) is 10.4 Å². The number of aromatic nitrogens is 2. The molecule has 2 aromatic heterocycles. The van der Waals surface area contributed by atoms with Crippen LogP contribution in [-0.2, 0) is 0 Å². The molecule has 0 atom stereocenters. The molecule has 1 N–H and O–H groups in total.